The zero-order valence-electron chi connectivity index (χ0n) is 11.4. The average Bonchev–Trinajstić information content (AvgIpc) is 2.98. The van der Waals surface area contributed by atoms with Gasteiger partial charge >= 0.3 is 0 Å². The second kappa shape index (κ2) is 6.39. The van der Waals surface area contributed by atoms with Crippen LogP contribution in [0.15, 0.2) is 53.9 Å². The third kappa shape index (κ3) is 3.50. The van der Waals surface area contributed by atoms with E-state index in [1.807, 2.05) is 36.4 Å². The van der Waals surface area contributed by atoms with Crippen LogP contribution in [0, 0.1) is 0 Å². The quantitative estimate of drug-likeness (QED) is 0.769. The highest BCUT2D eigenvalue weighted by molar-refractivity contribution is 7.10. The minimum Gasteiger partial charge on any atom is -0.326 e. The molecule has 0 saturated heterocycles. The third-order valence-corrected chi connectivity index (χ3v) is 4.41. The molecule has 0 aliphatic carbocycles. The van der Waals surface area contributed by atoms with E-state index in [2.05, 4.69) is 17.5 Å². The van der Waals surface area contributed by atoms with Gasteiger partial charge in [0.1, 0.15) is 0 Å². The number of thiazole rings is 1. The first kappa shape index (κ1) is 14.3. The molecular weight excluding hydrogens is 300 g/mol. The molecule has 0 radical (unpaired) electrons. The maximum Gasteiger partial charge on any atom is 0.0976 e. The minimum absolute atomic E-state index is 0.569. The summed E-state index contributed by atoms with van der Waals surface area (Å²) in [4.78, 5) is 4.71. The molecule has 2 aromatic carbocycles. The van der Waals surface area contributed by atoms with E-state index in [9.17, 15) is 0 Å². The second-order valence-electron chi connectivity index (χ2n) is 4.83. The molecule has 4 heteroatoms. The van der Waals surface area contributed by atoms with Gasteiger partial charge in [-0.3, -0.25) is 0 Å². The highest BCUT2D eigenvalue weighted by atomic mass is 35.5. The highest BCUT2D eigenvalue weighted by Crippen LogP contribution is 2.24. The summed E-state index contributed by atoms with van der Waals surface area (Å²) in [5, 5.41) is 3.97. The van der Waals surface area contributed by atoms with E-state index in [1.165, 1.54) is 5.56 Å². The molecule has 0 bridgehead atoms. The lowest BCUT2D eigenvalue weighted by Gasteiger charge is -2.00. The van der Waals surface area contributed by atoms with Gasteiger partial charge in [-0.15, -0.1) is 11.3 Å². The van der Waals surface area contributed by atoms with Gasteiger partial charge in [0, 0.05) is 28.9 Å². The van der Waals surface area contributed by atoms with E-state index in [0.29, 0.717) is 6.54 Å². The van der Waals surface area contributed by atoms with Crippen LogP contribution >= 0.6 is 22.9 Å². The minimum atomic E-state index is 0.569. The third-order valence-electron chi connectivity index (χ3n) is 3.31. The molecule has 2 N–H and O–H groups in total. The van der Waals surface area contributed by atoms with Crippen LogP contribution in [0.3, 0.4) is 0 Å². The fraction of sp³-hybridized carbons (Fsp3) is 0.118. The van der Waals surface area contributed by atoms with Gasteiger partial charge in [0.25, 0.3) is 0 Å². The van der Waals surface area contributed by atoms with Gasteiger partial charge in [0.2, 0.25) is 0 Å². The first-order valence-corrected chi connectivity index (χ1v) is 7.98. The molecule has 0 spiro atoms. The molecule has 3 rings (SSSR count). The van der Waals surface area contributed by atoms with Crippen LogP contribution < -0.4 is 5.73 Å². The Kier molecular flexibility index (Phi) is 4.34. The summed E-state index contributed by atoms with van der Waals surface area (Å²) in [5.41, 5.74) is 10.1. The molecule has 0 atom stereocenters. The molecule has 0 amide bonds. The molecule has 0 aliphatic heterocycles. The summed E-state index contributed by atoms with van der Waals surface area (Å²) in [6, 6.07) is 16.2. The van der Waals surface area contributed by atoms with Crippen molar-refractivity contribution in [3.63, 3.8) is 0 Å². The number of hydrogen-bond donors (Lipinski definition) is 1. The monoisotopic (exact) mass is 314 g/mol. The van der Waals surface area contributed by atoms with Crippen LogP contribution in [0.4, 0.5) is 0 Å². The zero-order valence-corrected chi connectivity index (χ0v) is 13.0. The fourth-order valence-corrected chi connectivity index (χ4v) is 3.08. The van der Waals surface area contributed by atoms with Crippen molar-refractivity contribution in [3.8, 4) is 11.3 Å². The Morgan fingerprint density at radius 3 is 2.29 bits per heavy atom. The number of nitrogens with zero attached hydrogens (tertiary/aromatic N) is 1. The molecule has 2 nitrogen and oxygen atoms in total. The summed E-state index contributed by atoms with van der Waals surface area (Å²) in [7, 11) is 0. The summed E-state index contributed by atoms with van der Waals surface area (Å²) >= 11 is 7.59. The van der Waals surface area contributed by atoms with Crippen molar-refractivity contribution in [1.82, 2.24) is 4.98 Å². The van der Waals surface area contributed by atoms with E-state index >= 15 is 0 Å². The number of nitrogens with two attached hydrogens (primary N) is 1. The van der Waals surface area contributed by atoms with Crippen LogP contribution in [0.25, 0.3) is 11.3 Å². The van der Waals surface area contributed by atoms with Gasteiger partial charge in [0.05, 0.1) is 10.7 Å². The van der Waals surface area contributed by atoms with Gasteiger partial charge in [-0.1, -0.05) is 48.0 Å². The summed E-state index contributed by atoms with van der Waals surface area (Å²) in [6.45, 7) is 0.569. The lowest BCUT2D eigenvalue weighted by atomic mass is 10.1. The van der Waals surface area contributed by atoms with Crippen LogP contribution in [0.1, 0.15) is 16.1 Å². The van der Waals surface area contributed by atoms with Gasteiger partial charge in [0.15, 0.2) is 0 Å². The SMILES string of the molecule is NCc1ccc(-c2csc(Cc3ccc(Cl)cc3)n2)cc1. The Bertz CT molecular complexity index is 717. The number of benzene rings is 2. The predicted molar refractivity (Wildman–Crippen MR) is 89.7 cm³/mol. The van der Waals surface area contributed by atoms with Crippen molar-refractivity contribution >= 4 is 22.9 Å². The Balaban J connectivity index is 1.77. The van der Waals surface area contributed by atoms with Gasteiger partial charge in [-0.05, 0) is 23.3 Å². The molecule has 1 heterocycles. The Morgan fingerprint density at radius 2 is 1.62 bits per heavy atom. The number of aromatic nitrogens is 1. The van der Waals surface area contributed by atoms with E-state index in [4.69, 9.17) is 22.3 Å². The number of hydrogen-bond acceptors (Lipinski definition) is 3. The molecule has 0 unspecified atom stereocenters. The second-order valence-corrected chi connectivity index (χ2v) is 6.21. The van der Waals surface area contributed by atoms with Crippen molar-refractivity contribution in [2.45, 2.75) is 13.0 Å². The molecule has 106 valence electrons. The van der Waals surface area contributed by atoms with Crippen molar-refractivity contribution in [1.29, 1.82) is 0 Å². The average molecular weight is 315 g/mol. The van der Waals surface area contributed by atoms with E-state index in [1.54, 1.807) is 11.3 Å². The maximum absolute atomic E-state index is 5.90. The Labute approximate surface area is 133 Å². The summed E-state index contributed by atoms with van der Waals surface area (Å²) < 4.78 is 0. The number of halogens is 1. The van der Waals surface area contributed by atoms with E-state index in [0.717, 1.165) is 33.3 Å². The normalized spacial score (nSPS) is 10.8. The molecule has 1 aromatic heterocycles. The zero-order chi connectivity index (χ0) is 14.7. The Hall–Kier alpha value is -1.68. The largest absolute Gasteiger partial charge is 0.326 e. The predicted octanol–water partition coefficient (Wildman–Crippen LogP) is 4.51. The molecule has 0 saturated carbocycles. The lowest BCUT2D eigenvalue weighted by molar-refractivity contribution is 1.07. The van der Waals surface area contributed by atoms with Crippen LogP contribution in [-0.2, 0) is 13.0 Å². The summed E-state index contributed by atoms with van der Waals surface area (Å²) in [6.07, 6.45) is 0.836. The van der Waals surface area contributed by atoms with Crippen molar-refractivity contribution in [3.05, 3.63) is 75.1 Å². The standard InChI is InChI=1S/C17H15ClN2S/c18-15-7-3-12(4-8-15)9-17-20-16(11-21-17)14-5-1-13(10-19)2-6-14/h1-8,11H,9-10,19H2. The van der Waals surface area contributed by atoms with Crippen molar-refractivity contribution < 1.29 is 0 Å². The van der Waals surface area contributed by atoms with E-state index < -0.39 is 0 Å². The van der Waals surface area contributed by atoms with Crippen molar-refractivity contribution in [2.75, 3.05) is 0 Å². The molecular formula is C17H15ClN2S. The highest BCUT2D eigenvalue weighted by Gasteiger charge is 2.05. The molecule has 21 heavy (non-hydrogen) atoms. The maximum atomic E-state index is 5.90. The van der Waals surface area contributed by atoms with E-state index in [-0.39, 0.29) is 0 Å². The topological polar surface area (TPSA) is 38.9 Å². The summed E-state index contributed by atoms with van der Waals surface area (Å²) in [5.74, 6) is 0. The number of rotatable bonds is 4. The van der Waals surface area contributed by atoms with Crippen LogP contribution in [0.2, 0.25) is 5.02 Å². The first-order chi connectivity index (χ1) is 10.2. The molecule has 0 aliphatic rings. The smallest absolute Gasteiger partial charge is 0.0976 e. The lowest BCUT2D eigenvalue weighted by Crippen LogP contribution is -1.95. The van der Waals surface area contributed by atoms with Crippen LogP contribution in [-0.4, -0.2) is 4.98 Å². The Morgan fingerprint density at radius 1 is 0.952 bits per heavy atom. The van der Waals surface area contributed by atoms with Gasteiger partial charge in [-0.2, -0.15) is 0 Å². The molecule has 3 aromatic rings. The first-order valence-electron chi connectivity index (χ1n) is 6.73. The van der Waals surface area contributed by atoms with Gasteiger partial charge in [-0.25, -0.2) is 4.98 Å². The van der Waals surface area contributed by atoms with Crippen molar-refractivity contribution in [2.24, 2.45) is 5.73 Å². The van der Waals surface area contributed by atoms with Crippen LogP contribution in [0.5, 0.6) is 0 Å². The molecule has 0 fully saturated rings. The van der Waals surface area contributed by atoms with Gasteiger partial charge < -0.3 is 5.73 Å². The fourth-order valence-electron chi connectivity index (χ4n) is 2.11.